The third kappa shape index (κ3) is 3.22. The molecule has 204 valence electrons. The largest absolute Gasteiger partial charge is 0.378 e. The molecule has 5 heteroatoms. The summed E-state index contributed by atoms with van der Waals surface area (Å²) in [5.74, 6) is -1.63. The molecule has 5 aromatic rings. The summed E-state index contributed by atoms with van der Waals surface area (Å²) in [6.45, 7) is 0. The maximum atomic E-state index is 14.8. The molecule has 1 heterocycles. The van der Waals surface area contributed by atoms with E-state index in [4.69, 9.17) is 4.99 Å². The molecule has 0 radical (unpaired) electrons. The molecule has 0 spiro atoms. The number of aliphatic imine (C=N–C) groups is 1. The van der Waals surface area contributed by atoms with Crippen molar-refractivity contribution in [1.29, 1.82) is 0 Å². The fourth-order valence-corrected chi connectivity index (χ4v) is 7.70. The molecule has 4 aliphatic rings. The van der Waals surface area contributed by atoms with Crippen molar-refractivity contribution in [3.8, 4) is 0 Å². The van der Waals surface area contributed by atoms with Crippen molar-refractivity contribution in [2.24, 2.45) is 16.8 Å². The lowest BCUT2D eigenvalue weighted by molar-refractivity contribution is -0.122. The van der Waals surface area contributed by atoms with Crippen LogP contribution in [0.25, 0.3) is 10.8 Å². The summed E-state index contributed by atoms with van der Waals surface area (Å²) in [5.41, 5.74) is 5.98. The summed E-state index contributed by atoms with van der Waals surface area (Å²) < 4.78 is 0. The van der Waals surface area contributed by atoms with Crippen LogP contribution in [0.15, 0.2) is 120 Å². The summed E-state index contributed by atoms with van der Waals surface area (Å²) >= 11 is 0. The van der Waals surface area contributed by atoms with Gasteiger partial charge in [0.2, 0.25) is 11.8 Å². The average Bonchev–Trinajstić information content (AvgIpc) is 3.30. The van der Waals surface area contributed by atoms with Crippen molar-refractivity contribution in [2.75, 3.05) is 23.9 Å². The fraction of sp³-hybridized carbons (Fsp3) is 0.162. The summed E-state index contributed by atoms with van der Waals surface area (Å²) in [5, 5.41) is 1.89. The van der Waals surface area contributed by atoms with Gasteiger partial charge in [0, 0.05) is 37.3 Å². The molecule has 2 bridgehead atoms. The minimum Gasteiger partial charge on any atom is -0.378 e. The van der Waals surface area contributed by atoms with Gasteiger partial charge in [0.25, 0.3) is 0 Å². The van der Waals surface area contributed by atoms with Crippen molar-refractivity contribution in [2.45, 2.75) is 11.3 Å². The van der Waals surface area contributed by atoms with Crippen LogP contribution >= 0.6 is 0 Å². The van der Waals surface area contributed by atoms with Crippen LogP contribution in [0, 0.1) is 11.8 Å². The number of amides is 2. The highest BCUT2D eigenvalue weighted by Gasteiger charge is 2.68. The van der Waals surface area contributed by atoms with Crippen LogP contribution < -0.4 is 9.80 Å². The quantitative estimate of drug-likeness (QED) is 0.183. The van der Waals surface area contributed by atoms with Gasteiger partial charge in [0.15, 0.2) is 0 Å². The minimum atomic E-state index is -0.890. The molecule has 42 heavy (non-hydrogen) atoms. The van der Waals surface area contributed by atoms with Gasteiger partial charge in [-0.1, -0.05) is 84.9 Å². The van der Waals surface area contributed by atoms with Gasteiger partial charge in [-0.2, -0.15) is 0 Å². The van der Waals surface area contributed by atoms with E-state index in [9.17, 15) is 9.59 Å². The molecule has 0 unspecified atom stereocenters. The third-order valence-electron chi connectivity index (χ3n) is 9.47. The second kappa shape index (κ2) is 8.98. The molecular formula is C37H29N3O2. The molecule has 2 amide bonds. The predicted octanol–water partition coefficient (Wildman–Crippen LogP) is 6.86. The number of anilines is 2. The first-order valence-electron chi connectivity index (χ1n) is 14.4. The highest BCUT2D eigenvalue weighted by molar-refractivity contribution is 6.27. The summed E-state index contributed by atoms with van der Waals surface area (Å²) in [7, 11) is 4.02. The van der Waals surface area contributed by atoms with E-state index < -0.39 is 17.3 Å². The zero-order chi connectivity index (χ0) is 28.6. The van der Waals surface area contributed by atoms with Crippen molar-refractivity contribution in [3.05, 3.63) is 138 Å². The van der Waals surface area contributed by atoms with Gasteiger partial charge in [-0.15, -0.1) is 0 Å². The van der Waals surface area contributed by atoms with Crippen molar-refractivity contribution in [3.63, 3.8) is 0 Å². The van der Waals surface area contributed by atoms with E-state index in [0.29, 0.717) is 5.69 Å². The molecule has 1 aliphatic heterocycles. The molecular weight excluding hydrogens is 518 g/mol. The van der Waals surface area contributed by atoms with Crippen LogP contribution in [-0.4, -0.2) is 32.1 Å². The topological polar surface area (TPSA) is 53.0 Å². The highest BCUT2D eigenvalue weighted by Crippen LogP contribution is 2.64. The maximum absolute atomic E-state index is 14.8. The fourth-order valence-electron chi connectivity index (χ4n) is 7.70. The second-order valence-electron chi connectivity index (χ2n) is 11.7. The van der Waals surface area contributed by atoms with Gasteiger partial charge < -0.3 is 4.90 Å². The van der Waals surface area contributed by atoms with Gasteiger partial charge in [-0.25, -0.2) is 4.90 Å². The Morgan fingerprint density at radius 1 is 0.714 bits per heavy atom. The first-order chi connectivity index (χ1) is 20.5. The molecule has 2 atom stereocenters. The lowest BCUT2D eigenvalue weighted by atomic mass is 9.47. The molecule has 0 saturated carbocycles. The van der Waals surface area contributed by atoms with Crippen LogP contribution in [0.5, 0.6) is 0 Å². The van der Waals surface area contributed by atoms with Crippen molar-refractivity contribution in [1.82, 2.24) is 0 Å². The predicted molar refractivity (Wildman–Crippen MR) is 168 cm³/mol. The Morgan fingerprint density at radius 2 is 1.33 bits per heavy atom. The number of imide groups is 1. The van der Waals surface area contributed by atoms with E-state index in [2.05, 4.69) is 29.2 Å². The Hall–Kier alpha value is -5.03. The first-order valence-corrected chi connectivity index (χ1v) is 14.4. The van der Waals surface area contributed by atoms with Crippen molar-refractivity contribution >= 4 is 45.9 Å². The van der Waals surface area contributed by atoms with Crippen molar-refractivity contribution < 1.29 is 9.59 Å². The van der Waals surface area contributed by atoms with Crippen LogP contribution in [0.3, 0.4) is 0 Å². The van der Waals surface area contributed by atoms with Crippen LogP contribution in [0.1, 0.15) is 28.2 Å². The number of hydrogen-bond acceptors (Lipinski definition) is 4. The maximum Gasteiger partial charge on any atom is 0.239 e. The summed E-state index contributed by atoms with van der Waals surface area (Å²) in [4.78, 5) is 37.9. The van der Waals surface area contributed by atoms with Crippen LogP contribution in [-0.2, 0) is 15.0 Å². The Labute approximate surface area is 244 Å². The standard InChI is InChI=1S/C37H29N3O2/c1-39(2)25-20-18-24(19-21-25)38-22-37-29-15-7-5-13-27(29)32(28-14-6-8-16-30(28)37)33-34(37)36(42)40(35(33)41)31-17-9-11-23-10-3-4-12-26(23)31/h3-22,32-34H,1-2H3/t32?,33-,34+,37?/m0/s1. The molecule has 9 rings (SSSR count). The minimum absolute atomic E-state index is 0.136. The Kier molecular flexibility index (Phi) is 5.29. The highest BCUT2D eigenvalue weighted by atomic mass is 16.2. The van der Waals surface area contributed by atoms with E-state index in [-0.39, 0.29) is 17.7 Å². The molecule has 5 aromatic carbocycles. The Morgan fingerprint density at radius 3 is 2.02 bits per heavy atom. The lowest BCUT2D eigenvalue weighted by Gasteiger charge is -2.52. The van der Waals surface area contributed by atoms with E-state index in [1.165, 1.54) is 4.90 Å². The molecule has 5 nitrogen and oxygen atoms in total. The molecule has 0 aromatic heterocycles. The molecule has 3 aliphatic carbocycles. The van der Waals surface area contributed by atoms with Gasteiger partial charge in [0.05, 0.1) is 28.6 Å². The first kappa shape index (κ1) is 24.7. The normalized spacial score (nSPS) is 23.8. The summed E-state index contributed by atoms with van der Waals surface area (Å²) in [6.07, 6.45) is 1.96. The number of carbonyl (C=O) groups excluding carboxylic acids is 2. The average molecular weight is 548 g/mol. The number of benzene rings is 5. The summed E-state index contributed by atoms with van der Waals surface area (Å²) in [6, 6.07) is 38.5. The van der Waals surface area contributed by atoms with E-state index >= 15 is 0 Å². The zero-order valence-corrected chi connectivity index (χ0v) is 23.4. The van der Waals surface area contributed by atoms with Gasteiger partial charge >= 0.3 is 0 Å². The SMILES string of the molecule is CN(C)c1ccc(N=CC23c4ccccc4C(c4ccccc42)[C@@H]2C(=O)N(c4cccc5ccccc45)C(=O)[C@@H]23)cc1. The Bertz CT molecular complexity index is 1890. The number of rotatable bonds is 4. The van der Waals surface area contributed by atoms with Crippen LogP contribution in [0.2, 0.25) is 0 Å². The van der Waals surface area contributed by atoms with E-state index in [1.54, 1.807) is 0 Å². The van der Waals surface area contributed by atoms with E-state index in [1.807, 2.05) is 111 Å². The Balaban J connectivity index is 1.37. The smallest absolute Gasteiger partial charge is 0.239 e. The number of nitrogens with zero attached hydrogens (tertiary/aromatic N) is 3. The third-order valence-corrected chi connectivity index (χ3v) is 9.47. The zero-order valence-electron chi connectivity index (χ0n) is 23.4. The van der Waals surface area contributed by atoms with Gasteiger partial charge in [-0.3, -0.25) is 14.6 Å². The number of hydrogen-bond donors (Lipinski definition) is 0. The molecule has 1 fully saturated rings. The monoisotopic (exact) mass is 547 g/mol. The molecule has 1 saturated heterocycles. The van der Waals surface area contributed by atoms with Crippen LogP contribution in [0.4, 0.5) is 17.1 Å². The van der Waals surface area contributed by atoms with Gasteiger partial charge in [-0.05, 0) is 58.0 Å². The molecule has 0 N–H and O–H groups in total. The second-order valence-corrected chi connectivity index (χ2v) is 11.7. The number of carbonyl (C=O) groups is 2. The lowest BCUT2D eigenvalue weighted by Crippen LogP contribution is -2.54. The van der Waals surface area contributed by atoms with E-state index in [0.717, 1.165) is 44.4 Å². The van der Waals surface area contributed by atoms with Gasteiger partial charge in [0.1, 0.15) is 0 Å². The number of fused-ring (bicyclic) bond motifs is 1.